The van der Waals surface area contributed by atoms with Gasteiger partial charge in [0, 0.05) is 19.5 Å². The number of carbonyl (C=O) groups excluding carboxylic acids is 1. The van der Waals surface area contributed by atoms with Crippen LogP contribution in [0, 0.1) is 11.6 Å². The van der Waals surface area contributed by atoms with Gasteiger partial charge in [-0.25, -0.2) is 8.78 Å². The molecular weight excluding hydrogens is 414 g/mol. The van der Waals surface area contributed by atoms with E-state index in [9.17, 15) is 27.8 Å². The molecule has 0 aliphatic carbocycles. The molecular formula is C21H26F2N2O4S. The second kappa shape index (κ2) is 9.40. The van der Waals surface area contributed by atoms with Gasteiger partial charge in [-0.3, -0.25) is 13.9 Å². The summed E-state index contributed by atoms with van der Waals surface area (Å²) in [6.45, 7) is 1.34. The van der Waals surface area contributed by atoms with E-state index in [1.807, 2.05) is 24.3 Å². The lowest BCUT2D eigenvalue weighted by Crippen LogP contribution is -2.49. The van der Waals surface area contributed by atoms with E-state index in [1.54, 1.807) is 0 Å². The van der Waals surface area contributed by atoms with Crippen LogP contribution in [0.5, 0.6) is 0 Å². The Morgan fingerprint density at radius 1 is 1.20 bits per heavy atom. The molecule has 0 saturated heterocycles. The first kappa shape index (κ1) is 22.6. The highest BCUT2D eigenvalue weighted by atomic mass is 32.3. The third-order valence-corrected chi connectivity index (χ3v) is 6.70. The maximum Gasteiger partial charge on any atom is 0.217 e. The zero-order valence-corrected chi connectivity index (χ0v) is 17.3. The van der Waals surface area contributed by atoms with Crippen molar-refractivity contribution >= 4 is 16.5 Å². The average Bonchev–Trinajstić information content (AvgIpc) is 2.63. The number of benzene rings is 2. The molecule has 0 aromatic heterocycles. The monoisotopic (exact) mass is 440 g/mol. The molecule has 0 spiro atoms. The molecule has 1 heterocycles. The molecule has 6 nitrogen and oxygen atoms in total. The number of aliphatic hydroxyl groups is 1. The van der Waals surface area contributed by atoms with Crippen molar-refractivity contribution in [2.75, 3.05) is 12.3 Å². The predicted octanol–water partition coefficient (Wildman–Crippen LogP) is 2.97. The van der Waals surface area contributed by atoms with E-state index in [4.69, 9.17) is 0 Å². The number of hydrogen-bond donors (Lipinski definition) is 5. The summed E-state index contributed by atoms with van der Waals surface area (Å²) in [4.78, 5) is 11.6. The maximum absolute atomic E-state index is 13.5. The molecule has 3 rings (SSSR count). The number of hydrogen-bond acceptors (Lipinski definition) is 5. The van der Waals surface area contributed by atoms with Crippen molar-refractivity contribution in [1.29, 1.82) is 0 Å². The van der Waals surface area contributed by atoms with Gasteiger partial charge in [0.2, 0.25) is 5.91 Å². The average molecular weight is 441 g/mol. The van der Waals surface area contributed by atoms with E-state index >= 15 is 0 Å². The van der Waals surface area contributed by atoms with Gasteiger partial charge in [-0.2, -0.15) is 10.6 Å². The summed E-state index contributed by atoms with van der Waals surface area (Å²) >= 11 is 0. The highest BCUT2D eigenvalue weighted by Gasteiger charge is 2.31. The van der Waals surface area contributed by atoms with Gasteiger partial charge in [-0.1, -0.05) is 24.3 Å². The van der Waals surface area contributed by atoms with Crippen LogP contribution in [0.3, 0.4) is 0 Å². The number of halogens is 2. The van der Waals surface area contributed by atoms with Gasteiger partial charge in [0.1, 0.15) is 11.6 Å². The van der Waals surface area contributed by atoms with E-state index in [1.165, 1.54) is 6.92 Å². The Kier molecular flexibility index (Phi) is 7.10. The summed E-state index contributed by atoms with van der Waals surface area (Å²) in [6, 6.07) is 9.34. The van der Waals surface area contributed by atoms with Crippen molar-refractivity contribution in [3.05, 3.63) is 70.8 Å². The van der Waals surface area contributed by atoms with Crippen LogP contribution in [0.2, 0.25) is 0 Å². The van der Waals surface area contributed by atoms with Crippen molar-refractivity contribution in [3.8, 4) is 0 Å². The lowest BCUT2D eigenvalue weighted by atomic mass is 9.99. The minimum absolute atomic E-state index is 0.0353. The summed E-state index contributed by atoms with van der Waals surface area (Å²) in [7, 11) is -2.79. The number of carbonyl (C=O) groups is 1. The van der Waals surface area contributed by atoms with Crippen molar-refractivity contribution in [2.24, 2.45) is 0 Å². The Balaban J connectivity index is 1.71. The molecule has 2 aromatic rings. The first-order chi connectivity index (χ1) is 14.1. The minimum Gasteiger partial charge on any atom is -0.390 e. The molecule has 0 bridgehead atoms. The van der Waals surface area contributed by atoms with Crippen molar-refractivity contribution in [1.82, 2.24) is 10.6 Å². The lowest BCUT2D eigenvalue weighted by molar-refractivity contribution is -0.120. The topological polar surface area (TPSA) is 102 Å². The van der Waals surface area contributed by atoms with Gasteiger partial charge in [0.15, 0.2) is 0 Å². The molecule has 164 valence electrons. The van der Waals surface area contributed by atoms with E-state index < -0.39 is 34.4 Å². The summed E-state index contributed by atoms with van der Waals surface area (Å²) < 4.78 is 47.5. The number of nitrogens with one attached hydrogen (secondary N) is 2. The van der Waals surface area contributed by atoms with Crippen molar-refractivity contribution in [3.63, 3.8) is 0 Å². The van der Waals surface area contributed by atoms with Gasteiger partial charge in [-0.05, 0) is 35.2 Å². The Labute approximate surface area is 175 Å². The maximum atomic E-state index is 13.5. The van der Waals surface area contributed by atoms with Crippen LogP contribution in [-0.2, 0) is 17.0 Å². The van der Waals surface area contributed by atoms with Crippen LogP contribution in [0.1, 0.15) is 29.7 Å². The Hall–Kier alpha value is -2.04. The second-order valence-corrected chi connectivity index (χ2v) is 9.86. The second-order valence-electron chi connectivity index (χ2n) is 7.63. The zero-order valence-electron chi connectivity index (χ0n) is 16.5. The summed E-state index contributed by atoms with van der Waals surface area (Å²) in [5.41, 5.74) is 2.08. The highest BCUT2D eigenvalue weighted by molar-refractivity contribution is 8.23. The fourth-order valence-electron chi connectivity index (χ4n) is 3.77. The van der Waals surface area contributed by atoms with Gasteiger partial charge < -0.3 is 15.7 Å². The first-order valence-electron chi connectivity index (χ1n) is 9.58. The van der Waals surface area contributed by atoms with Crippen molar-refractivity contribution < 1.29 is 27.8 Å². The number of fused-ring (bicyclic) bond motifs is 1. The number of aliphatic hydroxyl groups excluding tert-OH is 1. The summed E-state index contributed by atoms with van der Waals surface area (Å²) in [6.07, 6.45) is -1.04. The fourth-order valence-corrected chi connectivity index (χ4v) is 5.48. The number of rotatable bonds is 7. The molecule has 1 aliphatic heterocycles. The molecule has 9 heteroatoms. The van der Waals surface area contributed by atoms with Gasteiger partial charge in [0.05, 0.1) is 29.7 Å². The molecule has 2 aromatic carbocycles. The number of amides is 1. The largest absolute Gasteiger partial charge is 0.390 e. The quantitative estimate of drug-likeness (QED) is 0.456. The standard InChI is InChI=1S/C21H26F2N2O4S/c1-13(26)25-19(8-14-6-16(22)9-17(23)7-14)21(27)10-24-20-12-30(28,29)11-15-4-2-3-5-18(15)20/h2-7,9,19-21,24,27-29H,8,10-12H2,1H3,(H,25,26). The van der Waals surface area contributed by atoms with Crippen molar-refractivity contribution in [2.45, 2.75) is 37.3 Å². The van der Waals surface area contributed by atoms with Gasteiger partial charge in [-0.15, -0.1) is 0 Å². The fraction of sp³-hybridized carbons (Fsp3) is 0.381. The van der Waals surface area contributed by atoms with E-state index in [2.05, 4.69) is 10.6 Å². The van der Waals surface area contributed by atoms with Crippen LogP contribution in [0.4, 0.5) is 8.78 Å². The predicted molar refractivity (Wildman–Crippen MR) is 112 cm³/mol. The zero-order chi connectivity index (χ0) is 21.9. The van der Waals surface area contributed by atoms with Crippen LogP contribution >= 0.6 is 10.6 Å². The van der Waals surface area contributed by atoms with Crippen LogP contribution < -0.4 is 10.6 Å². The van der Waals surface area contributed by atoms with Crippen LogP contribution in [0.25, 0.3) is 0 Å². The third-order valence-electron chi connectivity index (χ3n) is 5.06. The molecule has 1 amide bonds. The summed E-state index contributed by atoms with van der Waals surface area (Å²) in [5, 5.41) is 16.5. The Bertz CT molecular complexity index is 892. The van der Waals surface area contributed by atoms with E-state index in [0.717, 1.165) is 29.3 Å². The molecule has 3 unspecified atom stereocenters. The van der Waals surface area contributed by atoms with E-state index in [0.29, 0.717) is 5.56 Å². The normalized spacial score (nSPS) is 20.7. The Morgan fingerprint density at radius 3 is 2.53 bits per heavy atom. The molecule has 0 radical (unpaired) electrons. The van der Waals surface area contributed by atoms with Crippen LogP contribution in [-0.4, -0.2) is 44.6 Å². The molecule has 0 fully saturated rings. The third kappa shape index (κ3) is 5.99. The van der Waals surface area contributed by atoms with E-state index in [-0.39, 0.29) is 36.4 Å². The minimum atomic E-state index is -2.79. The molecule has 3 atom stereocenters. The lowest BCUT2D eigenvalue weighted by Gasteiger charge is -2.42. The van der Waals surface area contributed by atoms with Gasteiger partial charge >= 0.3 is 0 Å². The molecule has 0 saturated carbocycles. The smallest absolute Gasteiger partial charge is 0.217 e. The highest BCUT2D eigenvalue weighted by Crippen LogP contribution is 2.50. The van der Waals surface area contributed by atoms with Crippen LogP contribution in [0.15, 0.2) is 42.5 Å². The van der Waals surface area contributed by atoms with Gasteiger partial charge in [0.25, 0.3) is 0 Å². The molecule has 30 heavy (non-hydrogen) atoms. The Morgan fingerprint density at radius 2 is 1.87 bits per heavy atom. The summed E-state index contributed by atoms with van der Waals surface area (Å²) in [5.74, 6) is -1.53. The molecule has 5 N–H and O–H groups in total. The SMILES string of the molecule is CC(=O)NC(Cc1cc(F)cc(F)c1)C(O)CNC1CS(O)(O)Cc2ccccc21. The first-order valence-corrected chi connectivity index (χ1v) is 11.5. The molecule has 1 aliphatic rings.